The summed E-state index contributed by atoms with van der Waals surface area (Å²) in [4.78, 5) is 0. The molecule has 0 nitrogen and oxygen atoms in total. The molecule has 0 saturated heterocycles. The minimum Gasteiger partial charge on any atom is -0.0991 e. The second-order valence-electron chi connectivity index (χ2n) is 1.60. The molecule has 0 N–H and O–H groups in total. The molecule has 0 fully saturated rings. The Bertz CT molecular complexity index is 78.0. The summed E-state index contributed by atoms with van der Waals surface area (Å²) in [5.41, 5.74) is 1.38. The van der Waals surface area contributed by atoms with Crippen LogP contribution in [0, 0.1) is 0 Å². The fraction of sp³-hybridized carbons (Fsp3) is 0.556. The molecule has 0 aliphatic rings. The highest BCUT2D eigenvalue weighted by molar-refractivity contribution is 5.06. The van der Waals surface area contributed by atoms with Gasteiger partial charge in [0.25, 0.3) is 0 Å². The first-order chi connectivity index (χ1) is 4.31. The molecular formula is C9H18. The van der Waals surface area contributed by atoms with Crippen LogP contribution in [0.1, 0.15) is 34.1 Å². The quantitative estimate of drug-likeness (QED) is 0.496. The monoisotopic (exact) mass is 126 g/mol. The van der Waals surface area contributed by atoms with E-state index in [0.29, 0.717) is 0 Å². The Morgan fingerprint density at radius 3 is 2.00 bits per heavy atom. The van der Waals surface area contributed by atoms with Crippen molar-refractivity contribution >= 4 is 0 Å². The van der Waals surface area contributed by atoms with Gasteiger partial charge in [0, 0.05) is 0 Å². The van der Waals surface area contributed by atoms with E-state index in [-0.39, 0.29) is 0 Å². The van der Waals surface area contributed by atoms with E-state index in [9.17, 15) is 0 Å². The zero-order valence-electron chi connectivity index (χ0n) is 7.07. The summed E-state index contributed by atoms with van der Waals surface area (Å²) in [5, 5.41) is 0. The lowest BCUT2D eigenvalue weighted by Gasteiger charge is -1.86. The van der Waals surface area contributed by atoms with Gasteiger partial charge in [0.2, 0.25) is 0 Å². The molecule has 0 aliphatic heterocycles. The summed E-state index contributed by atoms with van der Waals surface area (Å²) in [6, 6.07) is 0. The van der Waals surface area contributed by atoms with Gasteiger partial charge in [-0.05, 0) is 13.3 Å². The van der Waals surface area contributed by atoms with Crippen LogP contribution in [-0.2, 0) is 0 Å². The van der Waals surface area contributed by atoms with Crippen molar-refractivity contribution in [1.82, 2.24) is 0 Å². The minimum atomic E-state index is 1.13. The van der Waals surface area contributed by atoms with Gasteiger partial charge in [-0.3, -0.25) is 0 Å². The molecule has 0 radical (unpaired) electrons. The standard InChI is InChI=1S/C7H12.C2H6/c1-4-6-7(3)5-2;1-2/h4,6H,1,5H2,2-3H3;1-2H3/b7-6+;. The zero-order chi connectivity index (χ0) is 7.70. The largest absolute Gasteiger partial charge is 0.0991 e. The van der Waals surface area contributed by atoms with Crippen molar-refractivity contribution in [3.8, 4) is 0 Å². The average molecular weight is 126 g/mol. The van der Waals surface area contributed by atoms with E-state index in [1.165, 1.54) is 5.57 Å². The van der Waals surface area contributed by atoms with Crippen LogP contribution in [0.4, 0.5) is 0 Å². The highest BCUT2D eigenvalue weighted by Gasteiger charge is 1.74. The topological polar surface area (TPSA) is 0 Å². The van der Waals surface area contributed by atoms with Gasteiger partial charge in [0.1, 0.15) is 0 Å². The maximum atomic E-state index is 3.57. The first-order valence-corrected chi connectivity index (χ1v) is 3.59. The lowest BCUT2D eigenvalue weighted by molar-refractivity contribution is 1.10. The molecular weight excluding hydrogens is 108 g/mol. The molecule has 0 aromatic rings. The maximum Gasteiger partial charge on any atom is -0.0349 e. The van der Waals surface area contributed by atoms with Gasteiger partial charge in [-0.2, -0.15) is 0 Å². The number of rotatable bonds is 2. The summed E-state index contributed by atoms with van der Waals surface area (Å²) in [7, 11) is 0. The predicted octanol–water partition coefficient (Wildman–Crippen LogP) is 3.55. The third-order valence-electron chi connectivity index (χ3n) is 0.960. The fourth-order valence-electron chi connectivity index (χ4n) is 0.319. The van der Waals surface area contributed by atoms with Gasteiger partial charge in [-0.15, -0.1) is 0 Å². The van der Waals surface area contributed by atoms with Gasteiger partial charge < -0.3 is 0 Å². The molecule has 0 aromatic carbocycles. The van der Waals surface area contributed by atoms with Crippen LogP contribution in [0.25, 0.3) is 0 Å². The fourth-order valence-corrected chi connectivity index (χ4v) is 0.319. The molecule has 0 amide bonds. The highest BCUT2D eigenvalue weighted by Crippen LogP contribution is 1.95. The molecule has 9 heavy (non-hydrogen) atoms. The van der Waals surface area contributed by atoms with Gasteiger partial charge in [-0.1, -0.05) is 45.1 Å². The average Bonchev–Trinajstić information content (AvgIpc) is 1.93. The van der Waals surface area contributed by atoms with Gasteiger partial charge >= 0.3 is 0 Å². The van der Waals surface area contributed by atoms with Crippen LogP contribution in [0.5, 0.6) is 0 Å². The van der Waals surface area contributed by atoms with Crippen molar-refractivity contribution in [2.24, 2.45) is 0 Å². The molecule has 0 spiro atoms. The van der Waals surface area contributed by atoms with Crippen molar-refractivity contribution < 1.29 is 0 Å². The third kappa shape index (κ3) is 11.2. The summed E-state index contributed by atoms with van der Waals surface area (Å²) >= 11 is 0. The van der Waals surface area contributed by atoms with Gasteiger partial charge in [0.15, 0.2) is 0 Å². The summed E-state index contributed by atoms with van der Waals surface area (Å²) in [6.07, 6.45) is 4.98. The van der Waals surface area contributed by atoms with Crippen LogP contribution in [0.2, 0.25) is 0 Å². The molecule has 0 bridgehead atoms. The number of hydrogen-bond donors (Lipinski definition) is 0. The van der Waals surface area contributed by atoms with Crippen LogP contribution < -0.4 is 0 Å². The van der Waals surface area contributed by atoms with Crippen LogP contribution in [0.3, 0.4) is 0 Å². The summed E-state index contributed by atoms with van der Waals surface area (Å²) < 4.78 is 0. The molecule has 0 rings (SSSR count). The SMILES string of the molecule is C=C/C=C(\C)CC.CC. The molecule has 0 heteroatoms. The lowest BCUT2D eigenvalue weighted by atomic mass is 10.2. The van der Waals surface area contributed by atoms with Gasteiger partial charge in [-0.25, -0.2) is 0 Å². The summed E-state index contributed by atoms with van der Waals surface area (Å²) in [5.74, 6) is 0. The smallest absolute Gasteiger partial charge is 0.0349 e. The maximum absolute atomic E-state index is 3.57. The van der Waals surface area contributed by atoms with Crippen molar-refractivity contribution in [2.45, 2.75) is 34.1 Å². The van der Waals surface area contributed by atoms with E-state index in [4.69, 9.17) is 0 Å². The van der Waals surface area contributed by atoms with Crippen molar-refractivity contribution in [3.05, 3.63) is 24.3 Å². The highest BCUT2D eigenvalue weighted by atomic mass is 13.8. The second kappa shape index (κ2) is 10.5. The van der Waals surface area contributed by atoms with Crippen LogP contribution in [0.15, 0.2) is 24.3 Å². The van der Waals surface area contributed by atoms with E-state index in [1.807, 2.05) is 26.0 Å². The van der Waals surface area contributed by atoms with Gasteiger partial charge in [0.05, 0.1) is 0 Å². The Hall–Kier alpha value is -0.520. The Balaban J connectivity index is 0. The van der Waals surface area contributed by atoms with E-state index in [1.54, 1.807) is 0 Å². The normalized spacial score (nSPS) is 9.56. The van der Waals surface area contributed by atoms with E-state index < -0.39 is 0 Å². The Morgan fingerprint density at radius 1 is 1.44 bits per heavy atom. The molecule has 54 valence electrons. The van der Waals surface area contributed by atoms with Crippen LogP contribution in [-0.4, -0.2) is 0 Å². The van der Waals surface area contributed by atoms with E-state index in [2.05, 4.69) is 20.4 Å². The van der Waals surface area contributed by atoms with E-state index in [0.717, 1.165) is 6.42 Å². The first kappa shape index (κ1) is 11.3. The molecule has 0 saturated carbocycles. The van der Waals surface area contributed by atoms with Crippen LogP contribution >= 0.6 is 0 Å². The first-order valence-electron chi connectivity index (χ1n) is 3.59. The molecule has 0 atom stereocenters. The Morgan fingerprint density at radius 2 is 1.89 bits per heavy atom. The molecule has 0 aliphatic carbocycles. The minimum absolute atomic E-state index is 1.13. The molecule has 0 aromatic heterocycles. The number of allylic oxidation sites excluding steroid dienone is 3. The van der Waals surface area contributed by atoms with Crippen molar-refractivity contribution in [3.63, 3.8) is 0 Å². The molecule has 0 unspecified atom stereocenters. The van der Waals surface area contributed by atoms with Crippen molar-refractivity contribution in [2.75, 3.05) is 0 Å². The zero-order valence-corrected chi connectivity index (χ0v) is 7.07. The third-order valence-corrected chi connectivity index (χ3v) is 0.960. The predicted molar refractivity (Wildman–Crippen MR) is 45.6 cm³/mol. The number of hydrogen-bond acceptors (Lipinski definition) is 0. The summed E-state index contributed by atoms with van der Waals surface area (Å²) in [6.45, 7) is 11.8. The Labute approximate surface area is 59.3 Å². The Kier molecular flexibility index (Phi) is 13.1. The van der Waals surface area contributed by atoms with Crippen molar-refractivity contribution in [1.29, 1.82) is 0 Å². The van der Waals surface area contributed by atoms with E-state index >= 15 is 0 Å². The second-order valence-corrected chi connectivity index (χ2v) is 1.60. The lowest BCUT2D eigenvalue weighted by Crippen LogP contribution is -1.65. The molecule has 0 heterocycles.